The van der Waals surface area contributed by atoms with E-state index in [1.807, 2.05) is 0 Å². The molecule has 2 aromatic rings. The number of primary sulfonamides is 1. The third kappa shape index (κ3) is 3.88. The first-order chi connectivity index (χ1) is 9.68. The van der Waals surface area contributed by atoms with Gasteiger partial charge in [0.2, 0.25) is 20.0 Å². The van der Waals surface area contributed by atoms with E-state index in [1.54, 1.807) is 13.0 Å². The third-order valence-electron chi connectivity index (χ3n) is 2.56. The Kier molecular flexibility index (Phi) is 4.14. The van der Waals surface area contributed by atoms with Gasteiger partial charge < -0.3 is 4.52 Å². The molecule has 2 rings (SSSR count). The van der Waals surface area contributed by atoms with Crippen molar-refractivity contribution in [2.75, 3.05) is 0 Å². The molecule has 1 heterocycles. The molecule has 10 heteroatoms. The van der Waals surface area contributed by atoms with Crippen LogP contribution in [0, 0.1) is 6.92 Å². The lowest BCUT2D eigenvalue weighted by molar-refractivity contribution is 0.390. The standard InChI is InChI=1S/C11H13N3O5S2/c1-8-5-9(14-19-8)7-13-21(17,18)11-4-2-3-10(6-11)20(12,15)16/h2-6,13H,7H2,1H3,(H2,12,15,16). The van der Waals surface area contributed by atoms with Crippen LogP contribution in [0.25, 0.3) is 0 Å². The minimum Gasteiger partial charge on any atom is -0.361 e. The number of rotatable bonds is 5. The van der Waals surface area contributed by atoms with E-state index in [2.05, 4.69) is 9.88 Å². The van der Waals surface area contributed by atoms with E-state index in [9.17, 15) is 16.8 Å². The smallest absolute Gasteiger partial charge is 0.240 e. The highest BCUT2D eigenvalue weighted by Crippen LogP contribution is 2.15. The van der Waals surface area contributed by atoms with Gasteiger partial charge in [-0.2, -0.15) is 0 Å². The van der Waals surface area contributed by atoms with Crippen molar-refractivity contribution in [3.63, 3.8) is 0 Å². The largest absolute Gasteiger partial charge is 0.361 e. The lowest BCUT2D eigenvalue weighted by atomic mass is 10.4. The minimum atomic E-state index is -3.97. The normalized spacial score (nSPS) is 12.5. The fourth-order valence-corrected chi connectivity index (χ4v) is 3.25. The molecule has 0 aliphatic rings. The Bertz CT molecular complexity index is 855. The van der Waals surface area contributed by atoms with Gasteiger partial charge in [0.25, 0.3) is 0 Å². The summed E-state index contributed by atoms with van der Waals surface area (Å²) in [6.45, 7) is 1.61. The zero-order chi connectivity index (χ0) is 15.7. The van der Waals surface area contributed by atoms with Crippen molar-refractivity contribution in [2.45, 2.75) is 23.3 Å². The van der Waals surface area contributed by atoms with E-state index >= 15 is 0 Å². The monoisotopic (exact) mass is 331 g/mol. The van der Waals surface area contributed by atoms with Gasteiger partial charge in [-0.15, -0.1) is 0 Å². The number of aromatic nitrogens is 1. The molecule has 0 aliphatic carbocycles. The average molecular weight is 331 g/mol. The van der Waals surface area contributed by atoms with Crippen LogP contribution in [0.3, 0.4) is 0 Å². The second-order valence-electron chi connectivity index (χ2n) is 4.27. The molecule has 0 spiro atoms. The lowest BCUT2D eigenvalue weighted by Crippen LogP contribution is -2.24. The van der Waals surface area contributed by atoms with Crippen LogP contribution in [-0.2, 0) is 26.6 Å². The van der Waals surface area contributed by atoms with Crippen molar-refractivity contribution < 1.29 is 21.4 Å². The summed E-state index contributed by atoms with van der Waals surface area (Å²) < 4.78 is 53.8. The van der Waals surface area contributed by atoms with Gasteiger partial charge in [0.05, 0.1) is 22.0 Å². The first-order valence-corrected chi connectivity index (χ1v) is 8.76. The summed E-state index contributed by atoms with van der Waals surface area (Å²) in [4.78, 5) is -0.475. The number of nitrogens with one attached hydrogen (secondary N) is 1. The molecule has 0 fully saturated rings. The van der Waals surface area contributed by atoms with Crippen molar-refractivity contribution in [1.29, 1.82) is 0 Å². The van der Waals surface area contributed by atoms with Crippen molar-refractivity contribution >= 4 is 20.0 Å². The van der Waals surface area contributed by atoms with Crippen molar-refractivity contribution in [1.82, 2.24) is 9.88 Å². The third-order valence-corrected chi connectivity index (χ3v) is 4.87. The van der Waals surface area contributed by atoms with Crippen molar-refractivity contribution in [3.05, 3.63) is 41.8 Å². The van der Waals surface area contributed by atoms with E-state index in [1.165, 1.54) is 18.2 Å². The molecule has 3 N–H and O–H groups in total. The zero-order valence-electron chi connectivity index (χ0n) is 11.0. The Morgan fingerprint density at radius 1 is 1.19 bits per heavy atom. The molecule has 1 aromatic heterocycles. The second kappa shape index (κ2) is 5.56. The van der Waals surface area contributed by atoms with Gasteiger partial charge in [-0.25, -0.2) is 26.7 Å². The molecule has 114 valence electrons. The highest BCUT2D eigenvalue weighted by atomic mass is 32.2. The van der Waals surface area contributed by atoms with Crippen molar-refractivity contribution in [2.24, 2.45) is 5.14 Å². The molecule has 0 bridgehead atoms. The Hall–Kier alpha value is -1.75. The molecular formula is C11H13N3O5S2. The summed E-state index contributed by atoms with van der Waals surface area (Å²) in [7, 11) is -7.85. The predicted octanol–water partition coefficient (Wildman–Crippen LogP) is 0.109. The quantitative estimate of drug-likeness (QED) is 0.799. The zero-order valence-corrected chi connectivity index (χ0v) is 12.6. The Labute approximate surface area is 122 Å². The van der Waals surface area contributed by atoms with E-state index in [4.69, 9.17) is 9.66 Å². The first kappa shape index (κ1) is 15.6. The molecule has 21 heavy (non-hydrogen) atoms. The van der Waals surface area contributed by atoms with Crippen LogP contribution in [0.4, 0.5) is 0 Å². The molecule has 0 saturated carbocycles. The van der Waals surface area contributed by atoms with Crippen LogP contribution in [-0.4, -0.2) is 22.0 Å². The van der Waals surface area contributed by atoms with Crippen LogP contribution >= 0.6 is 0 Å². The predicted molar refractivity (Wildman–Crippen MR) is 73.1 cm³/mol. The molecule has 1 aromatic carbocycles. The Balaban J connectivity index is 2.23. The molecule has 0 radical (unpaired) electrons. The molecule has 0 amide bonds. The van der Waals surface area contributed by atoms with Crippen molar-refractivity contribution in [3.8, 4) is 0 Å². The number of nitrogens with two attached hydrogens (primary N) is 1. The summed E-state index contributed by atoms with van der Waals surface area (Å²) >= 11 is 0. The molecule has 0 aliphatic heterocycles. The van der Waals surface area contributed by atoms with Crippen LogP contribution in [0.1, 0.15) is 11.5 Å². The summed E-state index contributed by atoms with van der Waals surface area (Å²) in [5.74, 6) is 0.556. The van der Waals surface area contributed by atoms with Gasteiger partial charge >= 0.3 is 0 Å². The second-order valence-corrected chi connectivity index (χ2v) is 7.60. The number of hydrogen-bond acceptors (Lipinski definition) is 6. The van der Waals surface area contributed by atoms with Crippen LogP contribution in [0.5, 0.6) is 0 Å². The Morgan fingerprint density at radius 2 is 1.86 bits per heavy atom. The summed E-state index contributed by atoms with van der Waals surface area (Å²) in [6.07, 6.45) is 0. The molecule has 8 nitrogen and oxygen atoms in total. The highest BCUT2D eigenvalue weighted by Gasteiger charge is 2.17. The number of nitrogens with zero attached hydrogens (tertiary/aromatic N) is 1. The minimum absolute atomic E-state index is 0.0702. The van der Waals surface area contributed by atoms with Crippen LogP contribution in [0.2, 0.25) is 0 Å². The summed E-state index contributed by atoms with van der Waals surface area (Å²) in [5.41, 5.74) is 0.415. The maximum absolute atomic E-state index is 12.1. The fourth-order valence-electron chi connectivity index (χ4n) is 1.57. The molecular weight excluding hydrogens is 318 g/mol. The van der Waals surface area contributed by atoms with Gasteiger partial charge in [0, 0.05) is 6.07 Å². The average Bonchev–Trinajstić information content (AvgIpc) is 2.82. The lowest BCUT2D eigenvalue weighted by Gasteiger charge is -2.06. The maximum atomic E-state index is 12.1. The fraction of sp³-hybridized carbons (Fsp3) is 0.182. The van der Waals surface area contributed by atoms with Gasteiger partial charge in [-0.1, -0.05) is 11.2 Å². The van der Waals surface area contributed by atoms with E-state index in [0.29, 0.717) is 11.5 Å². The molecule has 0 saturated heterocycles. The van der Waals surface area contributed by atoms with Crippen LogP contribution in [0.15, 0.2) is 44.6 Å². The number of aryl methyl sites for hydroxylation is 1. The topological polar surface area (TPSA) is 132 Å². The number of hydrogen-bond donors (Lipinski definition) is 2. The highest BCUT2D eigenvalue weighted by molar-refractivity contribution is 7.90. The first-order valence-electron chi connectivity index (χ1n) is 5.73. The van der Waals surface area contributed by atoms with Gasteiger partial charge in [0.15, 0.2) is 0 Å². The Morgan fingerprint density at radius 3 is 2.43 bits per heavy atom. The van der Waals surface area contributed by atoms with Gasteiger partial charge in [0.1, 0.15) is 5.76 Å². The molecule has 0 unspecified atom stereocenters. The summed E-state index contributed by atoms with van der Waals surface area (Å²) in [5, 5.41) is 8.62. The van der Waals surface area contributed by atoms with E-state index in [0.717, 1.165) is 6.07 Å². The summed E-state index contributed by atoms with van der Waals surface area (Å²) in [6, 6.07) is 6.37. The van der Waals surface area contributed by atoms with E-state index in [-0.39, 0.29) is 16.3 Å². The maximum Gasteiger partial charge on any atom is 0.240 e. The molecule has 0 atom stereocenters. The SMILES string of the molecule is Cc1cc(CNS(=O)(=O)c2cccc(S(N)(=O)=O)c2)no1. The van der Waals surface area contributed by atoms with Gasteiger partial charge in [-0.05, 0) is 25.1 Å². The van der Waals surface area contributed by atoms with E-state index < -0.39 is 20.0 Å². The number of sulfonamides is 2. The van der Waals surface area contributed by atoms with Gasteiger partial charge in [-0.3, -0.25) is 0 Å². The van der Waals surface area contributed by atoms with Crippen LogP contribution < -0.4 is 9.86 Å². The number of benzene rings is 1.